The van der Waals surface area contributed by atoms with Gasteiger partial charge >= 0.3 is 0 Å². The van der Waals surface area contributed by atoms with Crippen molar-refractivity contribution in [2.45, 2.75) is 24.8 Å². The second kappa shape index (κ2) is 6.23. The van der Waals surface area contributed by atoms with Crippen LogP contribution in [-0.4, -0.2) is 15.0 Å². The van der Waals surface area contributed by atoms with Crippen molar-refractivity contribution in [2.75, 3.05) is 0 Å². The maximum Gasteiger partial charge on any atom is 0.261 e. The van der Waals surface area contributed by atoms with Crippen LogP contribution in [-0.2, 0) is 5.75 Å². The molecule has 0 aliphatic rings. The summed E-state index contributed by atoms with van der Waals surface area (Å²) in [6.45, 7) is 3.77. The van der Waals surface area contributed by atoms with Crippen LogP contribution < -0.4 is 5.56 Å². The zero-order chi connectivity index (χ0) is 16.4. The van der Waals surface area contributed by atoms with Gasteiger partial charge in [-0.05, 0) is 43.2 Å². The number of aromatic nitrogens is 3. The van der Waals surface area contributed by atoms with Crippen LogP contribution in [0.2, 0.25) is 0 Å². The summed E-state index contributed by atoms with van der Waals surface area (Å²) in [6, 6.07) is 11.3. The molecule has 3 aromatic rings. The van der Waals surface area contributed by atoms with E-state index in [4.69, 9.17) is 5.26 Å². The predicted octanol–water partition coefficient (Wildman–Crippen LogP) is 3.10. The van der Waals surface area contributed by atoms with Crippen molar-refractivity contribution in [3.05, 3.63) is 63.1 Å². The molecule has 23 heavy (non-hydrogen) atoms. The summed E-state index contributed by atoms with van der Waals surface area (Å²) in [4.78, 5) is 23.9. The van der Waals surface area contributed by atoms with Gasteiger partial charge in [-0.15, -0.1) is 0 Å². The largest absolute Gasteiger partial charge is 0.301 e. The normalized spacial score (nSPS) is 10.7. The minimum atomic E-state index is -0.165. The molecule has 5 nitrogen and oxygen atoms in total. The number of pyridine rings is 1. The SMILES string of the molecule is Cc1cc(C)c2c(=O)[nH]c(SCc3ccc(C#N)cc3)nc2n1. The maximum atomic E-state index is 12.2. The average Bonchev–Trinajstić information content (AvgIpc) is 2.52. The van der Waals surface area contributed by atoms with Crippen molar-refractivity contribution in [1.82, 2.24) is 15.0 Å². The first-order valence-corrected chi connectivity index (χ1v) is 8.05. The standard InChI is InChI=1S/C17H14N4OS/c1-10-7-11(2)19-15-14(10)16(22)21-17(20-15)23-9-13-5-3-12(8-18)4-6-13/h3-7H,9H2,1-2H3,(H,19,20,21,22). The molecule has 0 spiro atoms. The summed E-state index contributed by atoms with van der Waals surface area (Å²) in [7, 11) is 0. The number of benzene rings is 1. The minimum absolute atomic E-state index is 0.165. The Kier molecular flexibility index (Phi) is 4.13. The molecule has 0 aliphatic heterocycles. The van der Waals surface area contributed by atoms with E-state index in [-0.39, 0.29) is 5.56 Å². The Morgan fingerprint density at radius 1 is 1.22 bits per heavy atom. The third kappa shape index (κ3) is 3.25. The quantitative estimate of drug-likeness (QED) is 0.592. The van der Waals surface area contributed by atoms with E-state index in [1.807, 2.05) is 32.0 Å². The molecule has 0 saturated carbocycles. The van der Waals surface area contributed by atoms with Crippen LogP contribution in [0.3, 0.4) is 0 Å². The summed E-state index contributed by atoms with van der Waals surface area (Å²) in [5.41, 5.74) is 3.73. The second-order valence-corrected chi connectivity index (χ2v) is 6.21. The van der Waals surface area contributed by atoms with E-state index in [0.29, 0.717) is 27.5 Å². The molecule has 1 N–H and O–H groups in total. The summed E-state index contributed by atoms with van der Waals surface area (Å²) in [5, 5.41) is 9.89. The number of nitrogens with zero attached hydrogens (tertiary/aromatic N) is 3. The van der Waals surface area contributed by atoms with Crippen molar-refractivity contribution >= 4 is 22.8 Å². The molecular formula is C17H14N4OS. The second-order valence-electron chi connectivity index (χ2n) is 5.25. The molecule has 0 saturated heterocycles. The van der Waals surface area contributed by atoms with Gasteiger partial charge in [-0.3, -0.25) is 4.79 Å². The van der Waals surface area contributed by atoms with Crippen LogP contribution in [0.1, 0.15) is 22.4 Å². The molecule has 0 atom stereocenters. The summed E-state index contributed by atoms with van der Waals surface area (Å²) in [5.74, 6) is 0.658. The van der Waals surface area contributed by atoms with Gasteiger partial charge in [-0.2, -0.15) is 5.26 Å². The van der Waals surface area contributed by atoms with Crippen molar-refractivity contribution < 1.29 is 0 Å². The van der Waals surface area contributed by atoms with E-state index in [9.17, 15) is 4.79 Å². The smallest absolute Gasteiger partial charge is 0.261 e. The average molecular weight is 322 g/mol. The number of rotatable bonds is 3. The zero-order valence-electron chi connectivity index (χ0n) is 12.8. The maximum absolute atomic E-state index is 12.2. The van der Waals surface area contributed by atoms with Crippen molar-refractivity contribution in [3.8, 4) is 6.07 Å². The van der Waals surface area contributed by atoms with Gasteiger partial charge < -0.3 is 4.98 Å². The molecule has 2 heterocycles. The van der Waals surface area contributed by atoms with Gasteiger partial charge in [0.05, 0.1) is 17.0 Å². The van der Waals surface area contributed by atoms with E-state index >= 15 is 0 Å². The Labute approximate surface area is 137 Å². The third-order valence-electron chi connectivity index (χ3n) is 3.44. The number of nitrogens with one attached hydrogen (secondary N) is 1. The number of aromatic amines is 1. The van der Waals surface area contributed by atoms with Crippen molar-refractivity contribution in [2.24, 2.45) is 0 Å². The molecule has 1 aromatic carbocycles. The number of thioether (sulfide) groups is 1. The Bertz CT molecular complexity index is 971. The number of aryl methyl sites for hydroxylation is 2. The number of nitriles is 1. The highest BCUT2D eigenvalue weighted by Gasteiger charge is 2.09. The Balaban J connectivity index is 1.88. The van der Waals surface area contributed by atoms with E-state index in [1.165, 1.54) is 11.8 Å². The van der Waals surface area contributed by atoms with E-state index in [0.717, 1.165) is 16.8 Å². The molecule has 0 radical (unpaired) electrons. The molecule has 0 fully saturated rings. The molecule has 3 rings (SSSR count). The first-order valence-electron chi connectivity index (χ1n) is 7.07. The first-order chi connectivity index (χ1) is 11.1. The fraction of sp³-hybridized carbons (Fsp3) is 0.176. The lowest BCUT2D eigenvalue weighted by Gasteiger charge is -2.05. The highest BCUT2D eigenvalue weighted by Crippen LogP contribution is 2.20. The monoisotopic (exact) mass is 322 g/mol. The fourth-order valence-electron chi connectivity index (χ4n) is 2.36. The summed E-state index contributed by atoms with van der Waals surface area (Å²) >= 11 is 1.44. The molecule has 0 aliphatic carbocycles. The molecular weight excluding hydrogens is 308 g/mol. The molecule has 2 aromatic heterocycles. The van der Waals surface area contributed by atoms with Gasteiger partial charge in [0.2, 0.25) is 0 Å². The van der Waals surface area contributed by atoms with Gasteiger partial charge in [0.25, 0.3) is 5.56 Å². The van der Waals surface area contributed by atoms with Crippen LogP contribution >= 0.6 is 11.8 Å². The Morgan fingerprint density at radius 2 is 1.96 bits per heavy atom. The lowest BCUT2D eigenvalue weighted by atomic mass is 10.2. The summed E-state index contributed by atoms with van der Waals surface area (Å²) < 4.78 is 0. The van der Waals surface area contributed by atoms with Crippen LogP contribution in [0.25, 0.3) is 11.0 Å². The van der Waals surface area contributed by atoms with E-state index in [2.05, 4.69) is 21.0 Å². The van der Waals surface area contributed by atoms with E-state index in [1.54, 1.807) is 12.1 Å². The van der Waals surface area contributed by atoms with Crippen molar-refractivity contribution in [3.63, 3.8) is 0 Å². The lowest BCUT2D eigenvalue weighted by Crippen LogP contribution is -2.12. The van der Waals surface area contributed by atoms with Gasteiger partial charge in [-0.25, -0.2) is 9.97 Å². The zero-order valence-corrected chi connectivity index (χ0v) is 13.6. The fourth-order valence-corrected chi connectivity index (χ4v) is 3.17. The number of hydrogen-bond donors (Lipinski definition) is 1. The number of fused-ring (bicyclic) bond motifs is 1. The molecule has 0 amide bonds. The molecule has 0 bridgehead atoms. The Morgan fingerprint density at radius 3 is 2.65 bits per heavy atom. The van der Waals surface area contributed by atoms with Crippen LogP contribution in [0, 0.1) is 25.2 Å². The highest BCUT2D eigenvalue weighted by molar-refractivity contribution is 7.98. The third-order valence-corrected chi connectivity index (χ3v) is 4.38. The van der Waals surface area contributed by atoms with Crippen LogP contribution in [0.15, 0.2) is 40.3 Å². The van der Waals surface area contributed by atoms with Crippen LogP contribution in [0.5, 0.6) is 0 Å². The van der Waals surface area contributed by atoms with E-state index < -0.39 is 0 Å². The number of hydrogen-bond acceptors (Lipinski definition) is 5. The first kappa shape index (κ1) is 15.3. The van der Waals surface area contributed by atoms with Gasteiger partial charge in [0, 0.05) is 11.4 Å². The summed E-state index contributed by atoms with van der Waals surface area (Å²) in [6.07, 6.45) is 0. The van der Waals surface area contributed by atoms with Gasteiger partial charge in [-0.1, -0.05) is 23.9 Å². The number of H-pyrrole nitrogens is 1. The minimum Gasteiger partial charge on any atom is -0.301 e. The van der Waals surface area contributed by atoms with Crippen molar-refractivity contribution in [1.29, 1.82) is 5.26 Å². The van der Waals surface area contributed by atoms with Gasteiger partial charge in [0.1, 0.15) is 0 Å². The Hall–Kier alpha value is -2.65. The highest BCUT2D eigenvalue weighted by atomic mass is 32.2. The molecule has 0 unspecified atom stereocenters. The molecule has 6 heteroatoms. The topological polar surface area (TPSA) is 82.4 Å². The van der Waals surface area contributed by atoms with Crippen LogP contribution in [0.4, 0.5) is 0 Å². The lowest BCUT2D eigenvalue weighted by molar-refractivity contribution is 0.954. The molecule has 114 valence electrons. The van der Waals surface area contributed by atoms with Gasteiger partial charge in [0.15, 0.2) is 10.8 Å². The predicted molar refractivity (Wildman–Crippen MR) is 90.4 cm³/mol.